The van der Waals surface area contributed by atoms with Crippen LogP contribution >= 0.6 is 0 Å². The number of hydrogen-bond donors (Lipinski definition) is 1. The third-order valence-electron chi connectivity index (χ3n) is 2.80. The highest BCUT2D eigenvalue weighted by molar-refractivity contribution is 5.97. The monoisotopic (exact) mass is 266 g/mol. The molecule has 1 aromatic carbocycles. The van der Waals surface area contributed by atoms with Gasteiger partial charge in [-0.1, -0.05) is 0 Å². The molecule has 102 valence electrons. The molecule has 0 aliphatic heterocycles. The fourth-order valence-electron chi connectivity index (χ4n) is 2.04. The molecular formula is C13H14O6. The number of aromatic hydroxyl groups is 1. The van der Waals surface area contributed by atoms with Gasteiger partial charge in [-0.2, -0.15) is 0 Å². The standard InChI is InChI=1S/C13H14O6/c1-6-5-7-8(13(15)19-6)9(14)11(17-3)12(18-4)10(7)16-2/h5,14H,1-4H3. The summed E-state index contributed by atoms with van der Waals surface area (Å²) < 4.78 is 20.5. The minimum absolute atomic E-state index is 0.0000926. The Morgan fingerprint density at radius 3 is 2.16 bits per heavy atom. The molecule has 0 radical (unpaired) electrons. The Morgan fingerprint density at radius 2 is 1.63 bits per heavy atom. The number of hydrogen-bond acceptors (Lipinski definition) is 6. The Balaban J connectivity index is 3.08. The molecule has 6 heteroatoms. The maximum atomic E-state index is 11.9. The SMILES string of the molecule is COc1c(OC)c(O)c2c(=O)oc(C)cc2c1OC. The fourth-order valence-corrected chi connectivity index (χ4v) is 2.04. The molecule has 1 N–H and O–H groups in total. The first-order valence-corrected chi connectivity index (χ1v) is 5.50. The first kappa shape index (κ1) is 13.1. The summed E-state index contributed by atoms with van der Waals surface area (Å²) >= 11 is 0. The van der Waals surface area contributed by atoms with Crippen LogP contribution in [0.2, 0.25) is 0 Å². The lowest BCUT2D eigenvalue weighted by Gasteiger charge is -2.15. The van der Waals surface area contributed by atoms with E-state index in [1.54, 1.807) is 13.0 Å². The largest absolute Gasteiger partial charge is 0.504 e. The van der Waals surface area contributed by atoms with E-state index in [1.165, 1.54) is 21.3 Å². The molecule has 0 amide bonds. The van der Waals surface area contributed by atoms with E-state index in [4.69, 9.17) is 18.6 Å². The zero-order valence-electron chi connectivity index (χ0n) is 11.1. The fraction of sp³-hybridized carbons (Fsp3) is 0.308. The molecule has 1 aromatic heterocycles. The highest BCUT2D eigenvalue weighted by atomic mass is 16.5. The average Bonchev–Trinajstić information content (AvgIpc) is 2.37. The van der Waals surface area contributed by atoms with Gasteiger partial charge in [-0.3, -0.25) is 0 Å². The summed E-state index contributed by atoms with van der Waals surface area (Å²) in [6.45, 7) is 1.63. The molecule has 2 rings (SSSR count). The first-order valence-electron chi connectivity index (χ1n) is 5.50. The maximum Gasteiger partial charge on any atom is 0.347 e. The van der Waals surface area contributed by atoms with Crippen molar-refractivity contribution in [1.29, 1.82) is 0 Å². The Morgan fingerprint density at radius 1 is 1.05 bits per heavy atom. The van der Waals surface area contributed by atoms with E-state index >= 15 is 0 Å². The normalized spacial score (nSPS) is 10.5. The third-order valence-corrected chi connectivity index (χ3v) is 2.80. The Kier molecular flexibility index (Phi) is 3.25. The zero-order chi connectivity index (χ0) is 14.2. The van der Waals surface area contributed by atoms with Gasteiger partial charge in [0.15, 0.2) is 11.5 Å². The third kappa shape index (κ3) is 1.85. The van der Waals surface area contributed by atoms with Gasteiger partial charge < -0.3 is 23.7 Å². The Hall–Kier alpha value is -2.37. The molecular weight excluding hydrogens is 252 g/mol. The molecule has 1 heterocycles. The molecule has 19 heavy (non-hydrogen) atoms. The van der Waals surface area contributed by atoms with E-state index in [9.17, 15) is 9.90 Å². The van der Waals surface area contributed by atoms with Gasteiger partial charge in [0.2, 0.25) is 11.5 Å². The smallest absolute Gasteiger partial charge is 0.347 e. The van der Waals surface area contributed by atoms with Crippen LogP contribution in [0.15, 0.2) is 15.3 Å². The van der Waals surface area contributed by atoms with E-state index in [0.29, 0.717) is 16.9 Å². The van der Waals surface area contributed by atoms with Gasteiger partial charge in [0.1, 0.15) is 11.1 Å². The average molecular weight is 266 g/mol. The topological polar surface area (TPSA) is 78.1 Å². The minimum atomic E-state index is -0.660. The van der Waals surface area contributed by atoms with Crippen LogP contribution in [0.4, 0.5) is 0 Å². The number of benzene rings is 1. The number of aryl methyl sites for hydroxylation is 1. The second kappa shape index (κ2) is 4.72. The van der Waals surface area contributed by atoms with E-state index in [-0.39, 0.29) is 22.6 Å². The van der Waals surface area contributed by atoms with Crippen molar-refractivity contribution in [1.82, 2.24) is 0 Å². The molecule has 0 saturated heterocycles. The predicted molar refractivity (Wildman–Crippen MR) is 68.5 cm³/mol. The molecule has 0 saturated carbocycles. The summed E-state index contributed by atoms with van der Waals surface area (Å²) in [6, 6.07) is 1.59. The van der Waals surface area contributed by atoms with Gasteiger partial charge in [-0.15, -0.1) is 0 Å². The molecule has 6 nitrogen and oxygen atoms in total. The lowest BCUT2D eigenvalue weighted by molar-refractivity contribution is 0.313. The lowest BCUT2D eigenvalue weighted by atomic mass is 10.1. The van der Waals surface area contributed by atoms with Gasteiger partial charge in [0.25, 0.3) is 0 Å². The van der Waals surface area contributed by atoms with Crippen LogP contribution in [-0.2, 0) is 0 Å². The van der Waals surface area contributed by atoms with E-state index in [0.717, 1.165) is 0 Å². The summed E-state index contributed by atoms with van der Waals surface area (Å²) in [4.78, 5) is 11.9. The van der Waals surface area contributed by atoms with Gasteiger partial charge in [-0.25, -0.2) is 4.79 Å². The second-order valence-corrected chi connectivity index (χ2v) is 3.88. The number of phenolic OH excluding ortho intramolecular Hbond substituents is 1. The maximum absolute atomic E-state index is 11.9. The van der Waals surface area contributed by atoms with Crippen molar-refractivity contribution in [2.45, 2.75) is 6.92 Å². The summed E-state index contributed by atoms with van der Waals surface area (Å²) in [6.07, 6.45) is 0. The molecule has 0 unspecified atom stereocenters. The lowest BCUT2D eigenvalue weighted by Crippen LogP contribution is -2.04. The molecule has 0 spiro atoms. The molecule has 0 aliphatic carbocycles. The number of methoxy groups -OCH3 is 3. The van der Waals surface area contributed by atoms with Crippen LogP contribution in [0.25, 0.3) is 10.8 Å². The van der Waals surface area contributed by atoms with Crippen molar-refractivity contribution in [2.75, 3.05) is 21.3 Å². The second-order valence-electron chi connectivity index (χ2n) is 3.88. The van der Waals surface area contributed by atoms with E-state index in [1.807, 2.05) is 0 Å². The van der Waals surface area contributed by atoms with Crippen molar-refractivity contribution < 1.29 is 23.7 Å². The van der Waals surface area contributed by atoms with Crippen LogP contribution in [0.3, 0.4) is 0 Å². The predicted octanol–water partition coefficient (Wildman–Crippen LogP) is 1.83. The minimum Gasteiger partial charge on any atom is -0.504 e. The summed E-state index contributed by atoms with van der Waals surface area (Å²) in [5.74, 6) is 0.637. The molecule has 0 atom stereocenters. The zero-order valence-corrected chi connectivity index (χ0v) is 11.1. The molecule has 2 aromatic rings. The van der Waals surface area contributed by atoms with Gasteiger partial charge in [0, 0.05) is 5.39 Å². The van der Waals surface area contributed by atoms with Crippen molar-refractivity contribution in [2.24, 2.45) is 0 Å². The van der Waals surface area contributed by atoms with Crippen LogP contribution in [0.5, 0.6) is 23.0 Å². The van der Waals surface area contributed by atoms with Crippen LogP contribution < -0.4 is 19.8 Å². The Labute approximate surface area is 109 Å². The van der Waals surface area contributed by atoms with Crippen LogP contribution in [0, 0.1) is 6.92 Å². The molecule has 0 aliphatic rings. The number of rotatable bonds is 3. The number of fused-ring (bicyclic) bond motifs is 1. The van der Waals surface area contributed by atoms with Crippen molar-refractivity contribution in [3.8, 4) is 23.0 Å². The summed E-state index contributed by atoms with van der Waals surface area (Å²) in [7, 11) is 4.22. The first-order chi connectivity index (χ1) is 9.04. The number of phenols is 1. The summed E-state index contributed by atoms with van der Waals surface area (Å²) in [5.41, 5.74) is -0.660. The van der Waals surface area contributed by atoms with Crippen LogP contribution in [-0.4, -0.2) is 26.4 Å². The Bertz CT molecular complexity index is 686. The van der Waals surface area contributed by atoms with Crippen LogP contribution in [0.1, 0.15) is 5.76 Å². The van der Waals surface area contributed by atoms with E-state index in [2.05, 4.69) is 0 Å². The highest BCUT2D eigenvalue weighted by Gasteiger charge is 2.24. The quantitative estimate of drug-likeness (QED) is 0.913. The summed E-state index contributed by atoms with van der Waals surface area (Å²) in [5, 5.41) is 10.5. The molecule has 0 fully saturated rings. The van der Waals surface area contributed by atoms with Gasteiger partial charge in [-0.05, 0) is 13.0 Å². The van der Waals surface area contributed by atoms with Gasteiger partial charge >= 0.3 is 5.63 Å². The van der Waals surface area contributed by atoms with E-state index < -0.39 is 5.63 Å². The number of ether oxygens (including phenoxy) is 3. The molecule has 0 bridgehead atoms. The van der Waals surface area contributed by atoms with Gasteiger partial charge in [0.05, 0.1) is 21.3 Å². The van der Waals surface area contributed by atoms with Crippen molar-refractivity contribution in [3.63, 3.8) is 0 Å². The van der Waals surface area contributed by atoms with Crippen molar-refractivity contribution in [3.05, 3.63) is 22.2 Å². The van der Waals surface area contributed by atoms with Crippen molar-refractivity contribution >= 4 is 10.8 Å². The highest BCUT2D eigenvalue weighted by Crippen LogP contribution is 2.49.